The molecule has 0 radical (unpaired) electrons. The van der Waals surface area contributed by atoms with Crippen molar-refractivity contribution >= 4 is 29.1 Å². The van der Waals surface area contributed by atoms with E-state index in [9.17, 15) is 4.79 Å². The molecule has 3 rings (SSSR count). The minimum absolute atomic E-state index is 0.120. The molecular weight excluding hydrogens is 293 g/mol. The molecule has 0 aliphatic heterocycles. The van der Waals surface area contributed by atoms with Gasteiger partial charge in [-0.15, -0.1) is 0 Å². The number of carbonyl (C=O) groups is 1. The largest absolute Gasteiger partial charge is 0.349 e. The van der Waals surface area contributed by atoms with Crippen molar-refractivity contribution in [3.05, 3.63) is 69.2 Å². The number of amides is 1. The molecule has 2 aromatic carbocycles. The summed E-state index contributed by atoms with van der Waals surface area (Å²) in [6, 6.07) is 13.5. The minimum Gasteiger partial charge on any atom is -0.349 e. The SMILES string of the molecule is O=C(NC1Cc2ccccc2C1)c1cccc(Cl)c1Cl. The third kappa shape index (κ3) is 2.54. The molecule has 0 saturated heterocycles. The second-order valence-electron chi connectivity index (χ2n) is 4.95. The van der Waals surface area contributed by atoms with Crippen LogP contribution >= 0.6 is 23.2 Å². The summed E-state index contributed by atoms with van der Waals surface area (Å²) >= 11 is 12.0. The van der Waals surface area contributed by atoms with Crippen LogP contribution in [-0.4, -0.2) is 11.9 Å². The van der Waals surface area contributed by atoms with Crippen molar-refractivity contribution in [1.29, 1.82) is 0 Å². The Morgan fingerprint density at radius 1 is 1.00 bits per heavy atom. The highest BCUT2D eigenvalue weighted by atomic mass is 35.5. The van der Waals surface area contributed by atoms with Gasteiger partial charge in [0.15, 0.2) is 0 Å². The Hall–Kier alpha value is -1.51. The quantitative estimate of drug-likeness (QED) is 0.896. The van der Waals surface area contributed by atoms with Crippen molar-refractivity contribution < 1.29 is 4.79 Å². The summed E-state index contributed by atoms with van der Waals surface area (Å²) < 4.78 is 0. The first-order chi connectivity index (χ1) is 9.65. The topological polar surface area (TPSA) is 29.1 Å². The Morgan fingerprint density at radius 3 is 2.30 bits per heavy atom. The molecule has 102 valence electrons. The molecule has 4 heteroatoms. The molecule has 1 aliphatic carbocycles. The van der Waals surface area contributed by atoms with Gasteiger partial charge >= 0.3 is 0 Å². The van der Waals surface area contributed by atoms with Crippen molar-refractivity contribution in [2.45, 2.75) is 18.9 Å². The van der Waals surface area contributed by atoms with E-state index >= 15 is 0 Å². The summed E-state index contributed by atoms with van der Waals surface area (Å²) in [5.74, 6) is -0.171. The summed E-state index contributed by atoms with van der Waals surface area (Å²) in [6.07, 6.45) is 1.72. The number of hydrogen-bond donors (Lipinski definition) is 1. The van der Waals surface area contributed by atoms with E-state index in [1.54, 1.807) is 18.2 Å². The lowest BCUT2D eigenvalue weighted by atomic mass is 10.1. The van der Waals surface area contributed by atoms with Crippen LogP contribution in [0.5, 0.6) is 0 Å². The normalized spacial score (nSPS) is 14.1. The molecule has 0 saturated carbocycles. The van der Waals surface area contributed by atoms with Crippen LogP contribution in [0.4, 0.5) is 0 Å². The smallest absolute Gasteiger partial charge is 0.253 e. The van der Waals surface area contributed by atoms with Gasteiger partial charge in [0.05, 0.1) is 15.6 Å². The van der Waals surface area contributed by atoms with Crippen LogP contribution in [0.2, 0.25) is 10.0 Å². The number of carbonyl (C=O) groups excluding carboxylic acids is 1. The predicted octanol–water partition coefficient (Wildman–Crippen LogP) is 3.89. The fraction of sp³-hybridized carbons (Fsp3) is 0.188. The average molecular weight is 306 g/mol. The molecule has 0 bridgehead atoms. The summed E-state index contributed by atoms with van der Waals surface area (Å²) in [4.78, 5) is 12.3. The summed E-state index contributed by atoms with van der Waals surface area (Å²) in [7, 11) is 0. The maximum Gasteiger partial charge on any atom is 0.253 e. The van der Waals surface area contributed by atoms with Crippen molar-refractivity contribution in [2.24, 2.45) is 0 Å². The van der Waals surface area contributed by atoms with Crippen LogP contribution in [0.15, 0.2) is 42.5 Å². The van der Waals surface area contributed by atoms with E-state index in [0.29, 0.717) is 15.6 Å². The number of benzene rings is 2. The van der Waals surface area contributed by atoms with Gasteiger partial charge in [0.25, 0.3) is 5.91 Å². The van der Waals surface area contributed by atoms with Gasteiger partial charge in [0.2, 0.25) is 0 Å². The highest BCUT2D eigenvalue weighted by molar-refractivity contribution is 6.43. The summed E-state index contributed by atoms with van der Waals surface area (Å²) in [6.45, 7) is 0. The molecule has 0 heterocycles. The highest BCUT2D eigenvalue weighted by Gasteiger charge is 2.23. The average Bonchev–Trinajstić information content (AvgIpc) is 2.83. The lowest BCUT2D eigenvalue weighted by Crippen LogP contribution is -2.35. The monoisotopic (exact) mass is 305 g/mol. The van der Waals surface area contributed by atoms with E-state index in [4.69, 9.17) is 23.2 Å². The molecule has 0 spiro atoms. The number of rotatable bonds is 2. The van der Waals surface area contributed by atoms with E-state index in [-0.39, 0.29) is 11.9 Å². The van der Waals surface area contributed by atoms with E-state index in [2.05, 4.69) is 17.4 Å². The van der Waals surface area contributed by atoms with Gasteiger partial charge < -0.3 is 5.32 Å². The second-order valence-corrected chi connectivity index (χ2v) is 5.73. The zero-order valence-electron chi connectivity index (χ0n) is 10.7. The van der Waals surface area contributed by atoms with Crippen LogP contribution in [0.1, 0.15) is 21.5 Å². The zero-order chi connectivity index (χ0) is 14.1. The molecule has 1 amide bonds. The molecule has 1 aliphatic rings. The molecular formula is C16H13Cl2NO. The van der Waals surface area contributed by atoms with Crippen LogP contribution in [0, 0.1) is 0 Å². The number of hydrogen-bond acceptors (Lipinski definition) is 1. The molecule has 1 N–H and O–H groups in total. The van der Waals surface area contributed by atoms with Crippen molar-refractivity contribution in [1.82, 2.24) is 5.32 Å². The standard InChI is InChI=1S/C16H13Cl2NO/c17-14-7-3-6-13(15(14)18)16(20)19-12-8-10-4-1-2-5-11(10)9-12/h1-7,12H,8-9H2,(H,19,20). The lowest BCUT2D eigenvalue weighted by Gasteiger charge is -2.13. The molecule has 0 aromatic heterocycles. The first kappa shape index (κ1) is 13.5. The fourth-order valence-corrected chi connectivity index (χ4v) is 2.99. The molecule has 0 fully saturated rings. The van der Waals surface area contributed by atoms with Crippen LogP contribution in [0.25, 0.3) is 0 Å². The second kappa shape index (κ2) is 5.47. The van der Waals surface area contributed by atoms with Crippen LogP contribution in [0.3, 0.4) is 0 Å². The van der Waals surface area contributed by atoms with E-state index in [1.807, 2.05) is 12.1 Å². The molecule has 0 unspecified atom stereocenters. The Balaban J connectivity index is 1.74. The Kier molecular flexibility index (Phi) is 3.68. The first-order valence-electron chi connectivity index (χ1n) is 6.47. The van der Waals surface area contributed by atoms with Crippen LogP contribution in [-0.2, 0) is 12.8 Å². The van der Waals surface area contributed by atoms with Gasteiger partial charge in [0.1, 0.15) is 0 Å². The molecule has 0 atom stereocenters. The number of nitrogens with one attached hydrogen (secondary N) is 1. The number of fused-ring (bicyclic) bond motifs is 1. The van der Waals surface area contributed by atoms with Gasteiger partial charge in [-0.3, -0.25) is 4.79 Å². The molecule has 2 aromatic rings. The van der Waals surface area contributed by atoms with Gasteiger partial charge in [-0.25, -0.2) is 0 Å². The highest BCUT2D eigenvalue weighted by Crippen LogP contribution is 2.26. The molecule has 20 heavy (non-hydrogen) atoms. The van der Waals surface area contributed by atoms with E-state index in [1.165, 1.54) is 11.1 Å². The maximum atomic E-state index is 12.3. The lowest BCUT2D eigenvalue weighted by molar-refractivity contribution is 0.0939. The summed E-state index contributed by atoms with van der Waals surface area (Å²) in [5.41, 5.74) is 3.03. The predicted molar refractivity (Wildman–Crippen MR) is 81.6 cm³/mol. The van der Waals surface area contributed by atoms with Crippen molar-refractivity contribution in [2.75, 3.05) is 0 Å². The Morgan fingerprint density at radius 2 is 1.65 bits per heavy atom. The van der Waals surface area contributed by atoms with Gasteiger partial charge in [-0.05, 0) is 36.1 Å². The fourth-order valence-electron chi connectivity index (χ4n) is 2.60. The van der Waals surface area contributed by atoms with Gasteiger partial charge in [-0.2, -0.15) is 0 Å². The van der Waals surface area contributed by atoms with E-state index in [0.717, 1.165) is 12.8 Å². The van der Waals surface area contributed by atoms with Crippen molar-refractivity contribution in [3.8, 4) is 0 Å². The third-order valence-corrected chi connectivity index (χ3v) is 4.40. The molecule has 2 nitrogen and oxygen atoms in total. The zero-order valence-corrected chi connectivity index (χ0v) is 12.2. The van der Waals surface area contributed by atoms with E-state index < -0.39 is 0 Å². The number of halogens is 2. The van der Waals surface area contributed by atoms with Gasteiger partial charge in [0, 0.05) is 6.04 Å². The first-order valence-corrected chi connectivity index (χ1v) is 7.22. The maximum absolute atomic E-state index is 12.3. The Bertz CT molecular complexity index is 644. The van der Waals surface area contributed by atoms with Crippen LogP contribution < -0.4 is 5.32 Å². The van der Waals surface area contributed by atoms with Gasteiger partial charge in [-0.1, -0.05) is 53.5 Å². The third-order valence-electron chi connectivity index (χ3n) is 3.58. The van der Waals surface area contributed by atoms with Crippen molar-refractivity contribution in [3.63, 3.8) is 0 Å². The Labute approximate surface area is 127 Å². The summed E-state index contributed by atoms with van der Waals surface area (Å²) in [5, 5.41) is 3.73. The minimum atomic E-state index is -0.171.